The number of nitrogens with one attached hydrogen (secondary N) is 1. The number of rotatable bonds is 4. The van der Waals surface area contributed by atoms with Crippen molar-refractivity contribution in [3.63, 3.8) is 0 Å². The molecule has 2 heteroatoms. The van der Waals surface area contributed by atoms with Gasteiger partial charge in [-0.3, -0.25) is 0 Å². The monoisotopic (exact) mass is 321 g/mol. The third-order valence-electron chi connectivity index (χ3n) is 6.89. The van der Waals surface area contributed by atoms with E-state index in [1.54, 1.807) is 6.26 Å². The summed E-state index contributed by atoms with van der Waals surface area (Å²) < 4.78 is 5.21. The van der Waals surface area contributed by atoms with Gasteiger partial charge in [0.05, 0.1) is 12.5 Å². The highest BCUT2D eigenvalue weighted by molar-refractivity contribution is 5.63. The SMILES string of the molecule is Cc1cc(-c2ccoc2)ccc1CNC12CC3CC(CC(C3)C1)C2. The maximum atomic E-state index is 5.21. The number of benzene rings is 1. The van der Waals surface area contributed by atoms with Crippen molar-refractivity contribution in [2.24, 2.45) is 17.8 Å². The molecule has 1 heterocycles. The summed E-state index contributed by atoms with van der Waals surface area (Å²) in [6, 6.07) is 8.85. The summed E-state index contributed by atoms with van der Waals surface area (Å²) in [5, 5.41) is 4.02. The van der Waals surface area contributed by atoms with Gasteiger partial charge in [0, 0.05) is 17.6 Å². The molecule has 126 valence electrons. The molecule has 4 saturated carbocycles. The van der Waals surface area contributed by atoms with E-state index >= 15 is 0 Å². The van der Waals surface area contributed by atoms with Crippen molar-refractivity contribution in [1.29, 1.82) is 0 Å². The molecule has 24 heavy (non-hydrogen) atoms. The van der Waals surface area contributed by atoms with Gasteiger partial charge in [0.15, 0.2) is 0 Å². The second kappa shape index (κ2) is 5.49. The number of hydrogen-bond donors (Lipinski definition) is 1. The van der Waals surface area contributed by atoms with Crippen LogP contribution in [0, 0.1) is 24.7 Å². The van der Waals surface area contributed by atoms with Crippen LogP contribution < -0.4 is 5.32 Å². The van der Waals surface area contributed by atoms with Gasteiger partial charge in [-0.15, -0.1) is 0 Å². The first-order valence-electron chi connectivity index (χ1n) is 9.56. The van der Waals surface area contributed by atoms with Gasteiger partial charge in [-0.2, -0.15) is 0 Å². The molecular weight excluding hydrogens is 294 g/mol. The first-order valence-corrected chi connectivity index (χ1v) is 9.56. The normalized spacial score (nSPS) is 34.0. The van der Waals surface area contributed by atoms with Crippen molar-refractivity contribution in [3.05, 3.63) is 47.9 Å². The lowest BCUT2D eigenvalue weighted by atomic mass is 9.53. The summed E-state index contributed by atoms with van der Waals surface area (Å²) in [6.45, 7) is 3.25. The van der Waals surface area contributed by atoms with Gasteiger partial charge in [-0.05, 0) is 86.0 Å². The predicted octanol–water partition coefficient (Wildman–Crippen LogP) is 5.31. The largest absolute Gasteiger partial charge is 0.472 e. The van der Waals surface area contributed by atoms with Crippen molar-refractivity contribution in [1.82, 2.24) is 5.32 Å². The zero-order chi connectivity index (χ0) is 16.1. The average molecular weight is 321 g/mol. The first-order chi connectivity index (χ1) is 11.7. The van der Waals surface area contributed by atoms with E-state index in [-0.39, 0.29) is 0 Å². The number of hydrogen-bond acceptors (Lipinski definition) is 2. The van der Waals surface area contributed by atoms with Crippen LogP contribution in [0.1, 0.15) is 49.7 Å². The molecule has 0 saturated heterocycles. The molecule has 4 aliphatic rings. The van der Waals surface area contributed by atoms with Crippen LogP contribution in [0.5, 0.6) is 0 Å². The molecule has 6 rings (SSSR count). The smallest absolute Gasteiger partial charge is 0.0980 e. The molecule has 0 aliphatic heterocycles. The minimum atomic E-state index is 0.449. The molecule has 4 fully saturated rings. The van der Waals surface area contributed by atoms with Crippen LogP contribution in [0.2, 0.25) is 0 Å². The Hall–Kier alpha value is -1.54. The fourth-order valence-corrected chi connectivity index (χ4v) is 6.11. The van der Waals surface area contributed by atoms with E-state index in [2.05, 4.69) is 30.4 Å². The van der Waals surface area contributed by atoms with Gasteiger partial charge in [0.1, 0.15) is 0 Å². The Balaban J connectivity index is 1.32. The molecule has 2 aromatic rings. The van der Waals surface area contributed by atoms with E-state index in [4.69, 9.17) is 4.42 Å². The number of aryl methyl sites for hydroxylation is 1. The maximum absolute atomic E-state index is 5.21. The molecule has 1 N–H and O–H groups in total. The summed E-state index contributed by atoms with van der Waals surface area (Å²) in [4.78, 5) is 0. The van der Waals surface area contributed by atoms with Gasteiger partial charge in [0.25, 0.3) is 0 Å². The van der Waals surface area contributed by atoms with Crippen molar-refractivity contribution in [2.75, 3.05) is 0 Å². The van der Waals surface area contributed by atoms with Crippen LogP contribution >= 0.6 is 0 Å². The second-order valence-corrected chi connectivity index (χ2v) is 8.70. The van der Waals surface area contributed by atoms with E-state index in [1.807, 2.05) is 12.3 Å². The van der Waals surface area contributed by atoms with Gasteiger partial charge < -0.3 is 9.73 Å². The minimum absolute atomic E-state index is 0.449. The summed E-state index contributed by atoms with van der Waals surface area (Å²) >= 11 is 0. The number of furan rings is 1. The van der Waals surface area contributed by atoms with Crippen LogP contribution in [0.4, 0.5) is 0 Å². The lowest BCUT2D eigenvalue weighted by Gasteiger charge is -2.57. The molecular formula is C22H27NO. The van der Waals surface area contributed by atoms with Crippen LogP contribution in [-0.4, -0.2) is 5.54 Å². The highest BCUT2D eigenvalue weighted by atomic mass is 16.3. The summed E-state index contributed by atoms with van der Waals surface area (Å²) in [7, 11) is 0. The molecule has 4 aliphatic carbocycles. The molecule has 0 unspecified atom stereocenters. The van der Waals surface area contributed by atoms with E-state index in [1.165, 1.54) is 60.8 Å². The molecule has 0 radical (unpaired) electrons. The zero-order valence-electron chi connectivity index (χ0n) is 14.6. The zero-order valence-corrected chi connectivity index (χ0v) is 14.6. The Morgan fingerprint density at radius 1 is 1.00 bits per heavy atom. The summed E-state index contributed by atoms with van der Waals surface area (Å²) in [5.74, 6) is 3.02. The predicted molar refractivity (Wildman–Crippen MR) is 96.6 cm³/mol. The van der Waals surface area contributed by atoms with Crippen LogP contribution in [0.15, 0.2) is 41.2 Å². The third-order valence-corrected chi connectivity index (χ3v) is 6.89. The highest BCUT2D eigenvalue weighted by Gasteiger charge is 2.50. The molecule has 1 aromatic heterocycles. The average Bonchev–Trinajstić information content (AvgIpc) is 3.07. The topological polar surface area (TPSA) is 25.2 Å². The van der Waals surface area contributed by atoms with Crippen molar-refractivity contribution >= 4 is 0 Å². The molecule has 0 spiro atoms. The standard InChI is InChI=1S/C22H27NO/c1-15-6-19(21-4-5-24-14-21)2-3-20(15)13-23-22-10-16-7-17(11-22)9-18(8-16)12-22/h2-6,14,16-18,23H,7-13H2,1H3. The fourth-order valence-electron chi connectivity index (χ4n) is 6.11. The highest BCUT2D eigenvalue weighted by Crippen LogP contribution is 2.55. The van der Waals surface area contributed by atoms with Gasteiger partial charge in [-0.1, -0.05) is 18.2 Å². The third kappa shape index (κ3) is 2.52. The van der Waals surface area contributed by atoms with Crippen LogP contribution in [0.25, 0.3) is 11.1 Å². The van der Waals surface area contributed by atoms with E-state index < -0.39 is 0 Å². The Bertz CT molecular complexity index is 695. The molecule has 1 aromatic carbocycles. The Morgan fingerprint density at radius 2 is 1.71 bits per heavy atom. The lowest BCUT2D eigenvalue weighted by molar-refractivity contribution is -0.0206. The van der Waals surface area contributed by atoms with Gasteiger partial charge in [-0.25, -0.2) is 0 Å². The fraction of sp³-hybridized carbons (Fsp3) is 0.545. The quantitative estimate of drug-likeness (QED) is 0.825. The van der Waals surface area contributed by atoms with Crippen molar-refractivity contribution in [3.8, 4) is 11.1 Å². The molecule has 0 atom stereocenters. The Morgan fingerprint density at radius 3 is 2.29 bits per heavy atom. The summed E-state index contributed by atoms with van der Waals surface area (Å²) in [6.07, 6.45) is 12.4. The second-order valence-electron chi connectivity index (χ2n) is 8.70. The van der Waals surface area contributed by atoms with E-state index in [9.17, 15) is 0 Å². The first kappa shape index (κ1) is 14.8. The molecule has 2 nitrogen and oxygen atoms in total. The lowest BCUT2D eigenvalue weighted by Crippen LogP contribution is -2.58. The van der Waals surface area contributed by atoms with E-state index in [0.717, 1.165) is 24.3 Å². The molecule has 4 bridgehead atoms. The van der Waals surface area contributed by atoms with Gasteiger partial charge >= 0.3 is 0 Å². The Kier molecular flexibility index (Phi) is 3.38. The van der Waals surface area contributed by atoms with Crippen molar-refractivity contribution < 1.29 is 4.42 Å². The van der Waals surface area contributed by atoms with Crippen molar-refractivity contribution in [2.45, 2.75) is 57.5 Å². The maximum Gasteiger partial charge on any atom is 0.0980 e. The molecule has 0 amide bonds. The summed E-state index contributed by atoms with van der Waals surface area (Å²) in [5.41, 5.74) is 5.69. The van der Waals surface area contributed by atoms with E-state index in [0.29, 0.717) is 5.54 Å². The van der Waals surface area contributed by atoms with Gasteiger partial charge in [0.2, 0.25) is 0 Å². The minimum Gasteiger partial charge on any atom is -0.472 e. The van der Waals surface area contributed by atoms with Crippen LogP contribution in [-0.2, 0) is 6.54 Å². The van der Waals surface area contributed by atoms with Crippen LogP contribution in [0.3, 0.4) is 0 Å². The Labute approximate surface area is 144 Å².